The standard InChI is InChI=1S/C29H21FO2S2/c1-4-28(31)33-21-15-16-26(27(30)17-21)25-10-6-8-23-22(7-5-9-24(23)25)19-11-13-20(14-12-19)34-29(32)18(2)3/h4-17H,1-2H2,3H3. The minimum Gasteiger partial charge on any atom is -0.282 e. The average molecular weight is 485 g/mol. The zero-order valence-electron chi connectivity index (χ0n) is 18.5. The van der Waals surface area contributed by atoms with Gasteiger partial charge >= 0.3 is 0 Å². The third kappa shape index (κ3) is 5.06. The molecular weight excluding hydrogens is 463 g/mol. The van der Waals surface area contributed by atoms with Crippen molar-refractivity contribution >= 4 is 44.5 Å². The number of carbonyl (C=O) groups is 2. The molecule has 0 aliphatic rings. The van der Waals surface area contributed by atoms with Crippen LogP contribution in [0, 0.1) is 5.82 Å². The van der Waals surface area contributed by atoms with Crippen LogP contribution < -0.4 is 0 Å². The van der Waals surface area contributed by atoms with Crippen LogP contribution in [0.5, 0.6) is 0 Å². The van der Waals surface area contributed by atoms with Gasteiger partial charge in [0.05, 0.1) is 0 Å². The minimum atomic E-state index is -0.386. The van der Waals surface area contributed by atoms with Crippen molar-refractivity contribution in [3.63, 3.8) is 0 Å². The summed E-state index contributed by atoms with van der Waals surface area (Å²) >= 11 is 2.10. The molecule has 0 spiro atoms. The van der Waals surface area contributed by atoms with Crippen LogP contribution in [-0.2, 0) is 9.59 Å². The van der Waals surface area contributed by atoms with Gasteiger partial charge in [-0.15, -0.1) is 0 Å². The third-order valence-corrected chi connectivity index (χ3v) is 7.16. The molecule has 0 bridgehead atoms. The molecule has 2 nitrogen and oxygen atoms in total. The molecule has 5 heteroatoms. The number of rotatable bonds is 6. The van der Waals surface area contributed by atoms with Gasteiger partial charge in [0.25, 0.3) is 0 Å². The topological polar surface area (TPSA) is 34.1 Å². The Morgan fingerprint density at radius 2 is 1.41 bits per heavy atom. The smallest absolute Gasteiger partial charge is 0.219 e. The highest BCUT2D eigenvalue weighted by Crippen LogP contribution is 2.37. The van der Waals surface area contributed by atoms with Gasteiger partial charge in [-0.2, -0.15) is 0 Å². The maximum absolute atomic E-state index is 15.1. The second kappa shape index (κ2) is 10.2. The SMILES string of the molecule is C=CC(=O)Sc1ccc(-c2cccc3c(-c4ccc(SC(=O)C(=C)C)cc4)cccc23)c(F)c1. The van der Waals surface area contributed by atoms with Crippen molar-refractivity contribution in [2.45, 2.75) is 16.7 Å². The highest BCUT2D eigenvalue weighted by Gasteiger charge is 2.13. The van der Waals surface area contributed by atoms with E-state index in [2.05, 4.69) is 13.2 Å². The summed E-state index contributed by atoms with van der Waals surface area (Å²) in [4.78, 5) is 24.9. The fourth-order valence-electron chi connectivity index (χ4n) is 3.63. The first-order valence-corrected chi connectivity index (χ1v) is 12.1. The van der Waals surface area contributed by atoms with E-state index in [0.717, 1.165) is 55.9 Å². The Labute approximate surface area is 206 Å². The van der Waals surface area contributed by atoms with Crippen LogP contribution >= 0.6 is 23.5 Å². The molecule has 34 heavy (non-hydrogen) atoms. The number of hydrogen-bond donors (Lipinski definition) is 0. The van der Waals surface area contributed by atoms with Crippen molar-refractivity contribution in [2.24, 2.45) is 0 Å². The average Bonchev–Trinajstić information content (AvgIpc) is 2.84. The lowest BCUT2D eigenvalue weighted by Gasteiger charge is -2.13. The van der Waals surface area contributed by atoms with E-state index in [-0.39, 0.29) is 16.0 Å². The van der Waals surface area contributed by atoms with E-state index in [0.29, 0.717) is 16.0 Å². The number of benzene rings is 4. The van der Waals surface area contributed by atoms with E-state index in [9.17, 15) is 9.59 Å². The first-order valence-electron chi connectivity index (χ1n) is 10.5. The molecule has 0 atom stereocenters. The molecule has 0 aliphatic heterocycles. The summed E-state index contributed by atoms with van der Waals surface area (Å²) in [5.74, 6) is -0.386. The van der Waals surface area contributed by atoms with Crippen molar-refractivity contribution in [3.8, 4) is 22.3 Å². The summed E-state index contributed by atoms with van der Waals surface area (Å²) in [7, 11) is 0. The van der Waals surface area contributed by atoms with Gasteiger partial charge in [0, 0.05) is 15.4 Å². The Balaban J connectivity index is 1.72. The Hall–Kier alpha value is -3.41. The van der Waals surface area contributed by atoms with E-state index < -0.39 is 0 Å². The van der Waals surface area contributed by atoms with Gasteiger partial charge < -0.3 is 0 Å². The van der Waals surface area contributed by atoms with Crippen LogP contribution in [0.4, 0.5) is 4.39 Å². The number of thioether (sulfide) groups is 2. The molecular formula is C29H21FO2S2. The van der Waals surface area contributed by atoms with E-state index in [4.69, 9.17) is 0 Å². The van der Waals surface area contributed by atoms with Gasteiger partial charge in [0.1, 0.15) is 5.82 Å². The Kier molecular flexibility index (Phi) is 7.15. The minimum absolute atomic E-state index is 0.0529. The zero-order chi connectivity index (χ0) is 24.2. The van der Waals surface area contributed by atoms with Gasteiger partial charge in [-0.05, 0) is 93.8 Å². The van der Waals surface area contributed by atoms with Gasteiger partial charge in [0.2, 0.25) is 10.2 Å². The van der Waals surface area contributed by atoms with Gasteiger partial charge in [-0.3, -0.25) is 9.59 Å². The monoisotopic (exact) mass is 484 g/mol. The predicted octanol–water partition coefficient (Wildman–Crippen LogP) is 8.31. The van der Waals surface area contributed by atoms with E-state index >= 15 is 4.39 Å². The molecule has 0 saturated heterocycles. The lowest BCUT2D eigenvalue weighted by molar-refractivity contribution is -0.108. The summed E-state index contributed by atoms with van der Waals surface area (Å²) < 4.78 is 15.1. The highest BCUT2D eigenvalue weighted by molar-refractivity contribution is 8.14. The van der Waals surface area contributed by atoms with E-state index in [1.807, 2.05) is 60.7 Å². The molecule has 168 valence electrons. The largest absolute Gasteiger partial charge is 0.282 e. The maximum Gasteiger partial charge on any atom is 0.219 e. The second-order valence-corrected chi connectivity index (χ2v) is 9.79. The van der Waals surface area contributed by atoms with Crippen LogP contribution in [0.15, 0.2) is 113 Å². The molecule has 0 aromatic heterocycles. The van der Waals surface area contributed by atoms with Crippen LogP contribution in [0.25, 0.3) is 33.0 Å². The number of halogens is 1. The number of hydrogen-bond acceptors (Lipinski definition) is 4. The third-order valence-electron chi connectivity index (χ3n) is 5.26. The van der Waals surface area contributed by atoms with Gasteiger partial charge in [0.15, 0.2) is 0 Å². The van der Waals surface area contributed by atoms with Crippen LogP contribution in [0.3, 0.4) is 0 Å². The number of fused-ring (bicyclic) bond motifs is 1. The zero-order valence-corrected chi connectivity index (χ0v) is 20.1. The quantitative estimate of drug-likeness (QED) is 0.204. The maximum atomic E-state index is 15.1. The molecule has 0 radical (unpaired) electrons. The molecule has 4 aromatic rings. The molecule has 0 unspecified atom stereocenters. The van der Waals surface area contributed by atoms with Crippen LogP contribution in [-0.4, -0.2) is 10.2 Å². The van der Waals surface area contributed by atoms with Crippen molar-refractivity contribution < 1.29 is 14.0 Å². The summed E-state index contributed by atoms with van der Waals surface area (Å²) in [5.41, 5.74) is 3.80. The summed E-state index contributed by atoms with van der Waals surface area (Å²) in [6.07, 6.45) is 1.21. The summed E-state index contributed by atoms with van der Waals surface area (Å²) in [5, 5.41) is 1.65. The van der Waals surface area contributed by atoms with Crippen molar-refractivity contribution in [2.75, 3.05) is 0 Å². The van der Waals surface area contributed by atoms with Gasteiger partial charge in [-0.1, -0.05) is 67.8 Å². The van der Waals surface area contributed by atoms with E-state index in [1.54, 1.807) is 19.1 Å². The van der Waals surface area contributed by atoms with Crippen LogP contribution in [0.2, 0.25) is 0 Å². The van der Waals surface area contributed by atoms with Gasteiger partial charge in [-0.25, -0.2) is 4.39 Å². The summed E-state index contributed by atoms with van der Waals surface area (Å²) in [6.45, 7) is 8.85. The molecule has 4 aromatic carbocycles. The molecule has 0 fully saturated rings. The lowest BCUT2D eigenvalue weighted by atomic mass is 9.93. The number of carbonyl (C=O) groups excluding carboxylic acids is 2. The predicted molar refractivity (Wildman–Crippen MR) is 142 cm³/mol. The second-order valence-electron chi connectivity index (χ2n) is 7.67. The molecule has 0 N–H and O–H groups in total. The van der Waals surface area contributed by atoms with Crippen molar-refractivity contribution in [1.29, 1.82) is 0 Å². The molecule has 4 rings (SSSR count). The molecule has 0 saturated carbocycles. The Morgan fingerprint density at radius 1 is 0.794 bits per heavy atom. The van der Waals surface area contributed by atoms with Crippen LogP contribution in [0.1, 0.15) is 6.92 Å². The lowest BCUT2D eigenvalue weighted by Crippen LogP contribution is -1.91. The summed E-state index contributed by atoms with van der Waals surface area (Å²) in [6, 6.07) is 24.5. The first kappa shape index (κ1) is 23.7. The fourth-order valence-corrected chi connectivity index (χ4v) is 4.90. The molecule has 0 amide bonds. The Bertz CT molecular complexity index is 1440. The first-order chi connectivity index (χ1) is 16.4. The molecule has 0 aliphatic carbocycles. The molecule has 0 heterocycles. The highest BCUT2D eigenvalue weighted by atomic mass is 32.2. The van der Waals surface area contributed by atoms with E-state index in [1.165, 1.54) is 12.1 Å². The van der Waals surface area contributed by atoms with Crippen molar-refractivity contribution in [3.05, 3.63) is 109 Å². The normalized spacial score (nSPS) is 10.8. The Morgan fingerprint density at radius 3 is 2.03 bits per heavy atom. The fraction of sp³-hybridized carbons (Fsp3) is 0.0345. The van der Waals surface area contributed by atoms with Crippen molar-refractivity contribution in [1.82, 2.24) is 0 Å².